The third-order valence-electron chi connectivity index (χ3n) is 2.63. The summed E-state index contributed by atoms with van der Waals surface area (Å²) in [6.45, 7) is 5.08. The second-order valence-electron chi connectivity index (χ2n) is 4.45. The quantitative estimate of drug-likeness (QED) is 0.594. The second-order valence-corrected chi connectivity index (χ2v) is 4.45. The minimum absolute atomic E-state index is 0.236. The molecule has 0 spiro atoms. The molecule has 0 unspecified atom stereocenters. The van der Waals surface area contributed by atoms with Gasteiger partial charge in [-0.25, -0.2) is 9.59 Å². The Bertz CT molecular complexity index is 429. The summed E-state index contributed by atoms with van der Waals surface area (Å²) in [5.74, 6) is -0.342. The fourth-order valence-electron chi connectivity index (χ4n) is 1.52. The van der Waals surface area contributed by atoms with Gasteiger partial charge in [0.25, 0.3) is 0 Å². The van der Waals surface area contributed by atoms with Crippen LogP contribution in [0, 0.1) is 0 Å². The molecule has 0 saturated heterocycles. The third-order valence-corrected chi connectivity index (χ3v) is 2.63. The molecule has 20 heavy (non-hydrogen) atoms. The molecule has 1 rings (SSSR count). The van der Waals surface area contributed by atoms with Gasteiger partial charge in [0.15, 0.2) is 0 Å². The van der Waals surface area contributed by atoms with Crippen LogP contribution in [0.25, 0.3) is 0 Å². The molecule has 0 radical (unpaired) electrons. The van der Waals surface area contributed by atoms with Crippen LogP contribution in [0.5, 0.6) is 0 Å². The van der Waals surface area contributed by atoms with Gasteiger partial charge in [0.2, 0.25) is 0 Å². The first-order valence-electron chi connectivity index (χ1n) is 6.99. The Balaban J connectivity index is 2.45. The van der Waals surface area contributed by atoms with Crippen LogP contribution in [0.3, 0.4) is 0 Å². The molecule has 0 heterocycles. The van der Waals surface area contributed by atoms with Gasteiger partial charge in [-0.05, 0) is 37.1 Å². The predicted octanol–water partition coefficient (Wildman–Crippen LogP) is 3.18. The number of carbonyl (C=O) groups excluding carboxylic acids is 2. The molecule has 0 bridgehead atoms. The molecule has 2 amide bonds. The summed E-state index contributed by atoms with van der Waals surface area (Å²) in [5, 5.41) is 5.46. The fourth-order valence-corrected chi connectivity index (χ4v) is 1.52. The van der Waals surface area contributed by atoms with Gasteiger partial charge in [0.1, 0.15) is 0 Å². The highest BCUT2D eigenvalue weighted by molar-refractivity contribution is 5.92. The van der Waals surface area contributed by atoms with E-state index >= 15 is 0 Å². The first kappa shape index (κ1) is 16.0. The van der Waals surface area contributed by atoms with Crippen molar-refractivity contribution in [2.75, 3.05) is 18.5 Å². The van der Waals surface area contributed by atoms with Crippen molar-refractivity contribution in [2.24, 2.45) is 0 Å². The number of anilines is 1. The molecule has 110 valence electrons. The van der Waals surface area contributed by atoms with Gasteiger partial charge in [-0.3, -0.25) is 0 Å². The van der Waals surface area contributed by atoms with Crippen LogP contribution in [-0.2, 0) is 4.74 Å². The van der Waals surface area contributed by atoms with E-state index in [1.807, 2.05) is 6.92 Å². The average Bonchev–Trinajstić information content (AvgIpc) is 2.46. The summed E-state index contributed by atoms with van der Waals surface area (Å²) in [5.41, 5.74) is 1.13. The fraction of sp³-hybridized carbons (Fsp3) is 0.467. The summed E-state index contributed by atoms with van der Waals surface area (Å²) in [7, 11) is 0. The number of hydrogen-bond acceptors (Lipinski definition) is 3. The molecule has 0 saturated carbocycles. The lowest BCUT2D eigenvalue weighted by molar-refractivity contribution is 0.0505. The normalized spacial score (nSPS) is 9.90. The number of amides is 2. The van der Waals surface area contributed by atoms with Gasteiger partial charge in [-0.15, -0.1) is 0 Å². The Morgan fingerprint density at radius 2 is 1.80 bits per heavy atom. The Kier molecular flexibility index (Phi) is 7.17. The van der Waals surface area contributed by atoms with Crippen molar-refractivity contribution < 1.29 is 14.3 Å². The maximum Gasteiger partial charge on any atom is 0.338 e. The van der Waals surface area contributed by atoms with Crippen LogP contribution in [0.15, 0.2) is 24.3 Å². The number of carbonyl (C=O) groups is 2. The number of esters is 1. The Labute approximate surface area is 119 Å². The number of ether oxygens (including phenoxy) is 1. The molecule has 0 atom stereocenters. The number of rotatable bonds is 7. The van der Waals surface area contributed by atoms with E-state index in [-0.39, 0.29) is 12.0 Å². The van der Waals surface area contributed by atoms with Crippen LogP contribution in [0.2, 0.25) is 0 Å². The van der Waals surface area contributed by atoms with E-state index in [0.717, 1.165) is 19.3 Å². The SMILES string of the molecule is CCCCNC(=O)Nc1ccc(C(=O)OCCC)cc1. The summed E-state index contributed by atoms with van der Waals surface area (Å²) >= 11 is 0. The summed E-state index contributed by atoms with van der Waals surface area (Å²) < 4.78 is 5.03. The van der Waals surface area contributed by atoms with Crippen LogP contribution in [0.4, 0.5) is 10.5 Å². The highest BCUT2D eigenvalue weighted by atomic mass is 16.5. The third kappa shape index (κ3) is 5.73. The van der Waals surface area contributed by atoms with E-state index in [4.69, 9.17) is 4.74 Å². The van der Waals surface area contributed by atoms with Crippen molar-refractivity contribution in [3.63, 3.8) is 0 Å². The highest BCUT2D eigenvalue weighted by Gasteiger charge is 2.07. The Morgan fingerprint density at radius 1 is 1.10 bits per heavy atom. The van der Waals surface area contributed by atoms with Crippen molar-refractivity contribution in [1.29, 1.82) is 0 Å². The van der Waals surface area contributed by atoms with Crippen LogP contribution < -0.4 is 10.6 Å². The molecule has 2 N–H and O–H groups in total. The van der Waals surface area contributed by atoms with Crippen LogP contribution in [0.1, 0.15) is 43.5 Å². The van der Waals surface area contributed by atoms with Crippen molar-refractivity contribution >= 4 is 17.7 Å². The van der Waals surface area contributed by atoms with Crippen molar-refractivity contribution in [3.8, 4) is 0 Å². The van der Waals surface area contributed by atoms with Gasteiger partial charge < -0.3 is 15.4 Å². The lowest BCUT2D eigenvalue weighted by Crippen LogP contribution is -2.29. The lowest BCUT2D eigenvalue weighted by Gasteiger charge is -2.08. The minimum Gasteiger partial charge on any atom is -0.462 e. The lowest BCUT2D eigenvalue weighted by atomic mass is 10.2. The van der Waals surface area contributed by atoms with Crippen LogP contribution >= 0.6 is 0 Å². The number of benzene rings is 1. The first-order chi connectivity index (χ1) is 9.67. The number of hydrogen-bond donors (Lipinski definition) is 2. The maximum absolute atomic E-state index is 11.6. The van der Waals surface area contributed by atoms with E-state index in [2.05, 4.69) is 17.6 Å². The van der Waals surface area contributed by atoms with E-state index in [9.17, 15) is 9.59 Å². The zero-order chi connectivity index (χ0) is 14.8. The van der Waals surface area contributed by atoms with Gasteiger partial charge in [-0.2, -0.15) is 0 Å². The van der Waals surface area contributed by atoms with Crippen molar-refractivity contribution in [3.05, 3.63) is 29.8 Å². The van der Waals surface area contributed by atoms with E-state index in [1.165, 1.54) is 0 Å². The van der Waals surface area contributed by atoms with Crippen molar-refractivity contribution in [1.82, 2.24) is 5.32 Å². The molecule has 5 heteroatoms. The summed E-state index contributed by atoms with van der Waals surface area (Å²) in [6.07, 6.45) is 2.79. The zero-order valence-corrected chi connectivity index (χ0v) is 12.1. The molecule has 0 aliphatic heterocycles. The highest BCUT2D eigenvalue weighted by Crippen LogP contribution is 2.10. The molecule has 5 nitrogen and oxygen atoms in total. The van der Waals surface area contributed by atoms with E-state index < -0.39 is 0 Å². The maximum atomic E-state index is 11.6. The Morgan fingerprint density at radius 3 is 2.40 bits per heavy atom. The minimum atomic E-state index is -0.342. The number of urea groups is 1. The molecule has 1 aromatic carbocycles. The van der Waals surface area contributed by atoms with E-state index in [1.54, 1.807) is 24.3 Å². The Hall–Kier alpha value is -2.04. The van der Waals surface area contributed by atoms with E-state index in [0.29, 0.717) is 24.4 Å². The standard InChI is InChI=1S/C15H22N2O3/c1-3-5-10-16-15(19)17-13-8-6-12(7-9-13)14(18)20-11-4-2/h6-9H,3-5,10-11H2,1-2H3,(H2,16,17,19). The molecule has 0 aliphatic carbocycles. The molecule has 0 fully saturated rings. The smallest absolute Gasteiger partial charge is 0.338 e. The average molecular weight is 278 g/mol. The van der Waals surface area contributed by atoms with Crippen molar-refractivity contribution in [2.45, 2.75) is 33.1 Å². The number of nitrogens with one attached hydrogen (secondary N) is 2. The van der Waals surface area contributed by atoms with Gasteiger partial charge in [-0.1, -0.05) is 20.3 Å². The molecule has 1 aromatic rings. The summed E-state index contributed by atoms with van der Waals surface area (Å²) in [6, 6.07) is 6.41. The summed E-state index contributed by atoms with van der Waals surface area (Å²) in [4.78, 5) is 23.1. The van der Waals surface area contributed by atoms with Crippen LogP contribution in [-0.4, -0.2) is 25.2 Å². The molecular formula is C15H22N2O3. The predicted molar refractivity (Wildman–Crippen MR) is 78.9 cm³/mol. The molecule has 0 aromatic heterocycles. The monoisotopic (exact) mass is 278 g/mol. The van der Waals surface area contributed by atoms with Gasteiger partial charge in [0.05, 0.1) is 12.2 Å². The van der Waals surface area contributed by atoms with Gasteiger partial charge in [0, 0.05) is 12.2 Å². The second kappa shape index (κ2) is 8.96. The molecule has 0 aliphatic rings. The molecular weight excluding hydrogens is 256 g/mol. The largest absolute Gasteiger partial charge is 0.462 e. The zero-order valence-electron chi connectivity index (χ0n) is 12.1. The van der Waals surface area contributed by atoms with Gasteiger partial charge >= 0.3 is 12.0 Å². The first-order valence-corrected chi connectivity index (χ1v) is 6.99. The topological polar surface area (TPSA) is 67.4 Å². The number of unbranched alkanes of at least 4 members (excludes halogenated alkanes) is 1.